The van der Waals surface area contributed by atoms with Crippen molar-refractivity contribution in [1.29, 1.82) is 0 Å². The van der Waals surface area contributed by atoms with Gasteiger partial charge in [-0.25, -0.2) is 0 Å². The number of hydrogen-bond donors (Lipinski definition) is 1. The highest BCUT2D eigenvalue weighted by molar-refractivity contribution is 7.99. The van der Waals surface area contributed by atoms with Gasteiger partial charge in [-0.15, -0.1) is 0 Å². The molecule has 0 spiro atoms. The van der Waals surface area contributed by atoms with Crippen LogP contribution in [0.5, 0.6) is 11.5 Å². The summed E-state index contributed by atoms with van der Waals surface area (Å²) >= 11 is 1.76. The molecule has 3 rings (SSSR count). The summed E-state index contributed by atoms with van der Waals surface area (Å²) in [4.78, 5) is 2.42. The van der Waals surface area contributed by atoms with Crippen molar-refractivity contribution in [3.8, 4) is 11.5 Å². The predicted octanol–water partition coefficient (Wildman–Crippen LogP) is 3.89. The highest BCUT2D eigenvalue weighted by Gasteiger charge is 2.14. The third kappa shape index (κ3) is 3.17. The van der Waals surface area contributed by atoms with Crippen molar-refractivity contribution in [2.75, 3.05) is 20.3 Å². The molecule has 21 heavy (non-hydrogen) atoms. The van der Waals surface area contributed by atoms with Crippen LogP contribution < -0.4 is 14.8 Å². The Morgan fingerprint density at radius 2 is 1.81 bits per heavy atom. The van der Waals surface area contributed by atoms with Crippen LogP contribution in [0.25, 0.3) is 0 Å². The van der Waals surface area contributed by atoms with Gasteiger partial charge in [0.1, 0.15) is 13.2 Å². The summed E-state index contributed by atoms with van der Waals surface area (Å²) < 4.78 is 11.2. The molecule has 2 aromatic rings. The quantitative estimate of drug-likeness (QED) is 0.928. The van der Waals surface area contributed by atoms with Crippen molar-refractivity contribution in [3.63, 3.8) is 0 Å². The maximum absolute atomic E-state index is 5.65. The second kappa shape index (κ2) is 6.41. The van der Waals surface area contributed by atoms with Crippen LogP contribution in [-0.4, -0.2) is 20.3 Å². The second-order valence-electron chi connectivity index (χ2n) is 4.96. The Labute approximate surface area is 129 Å². The summed E-state index contributed by atoms with van der Waals surface area (Å²) in [6.07, 6.45) is 0. The van der Waals surface area contributed by atoms with Crippen LogP contribution in [0.2, 0.25) is 0 Å². The van der Waals surface area contributed by atoms with E-state index in [0.717, 1.165) is 16.4 Å². The predicted molar refractivity (Wildman–Crippen MR) is 85.5 cm³/mol. The first-order valence-corrected chi connectivity index (χ1v) is 7.93. The van der Waals surface area contributed by atoms with Crippen LogP contribution in [0.4, 0.5) is 0 Å². The van der Waals surface area contributed by atoms with Crippen molar-refractivity contribution >= 4 is 11.8 Å². The fourth-order valence-electron chi connectivity index (χ4n) is 2.30. The standard InChI is InChI=1S/C17H19NO2S/c1-12(18-2)14-5-3-4-6-17(14)21-13-7-8-15-16(11-13)20-10-9-19-15/h3-8,11-12,18H,9-10H2,1-2H3. The Balaban J connectivity index is 1.87. The molecule has 1 atom stereocenters. The van der Waals surface area contributed by atoms with E-state index in [1.54, 1.807) is 11.8 Å². The van der Waals surface area contributed by atoms with Crippen molar-refractivity contribution in [3.05, 3.63) is 48.0 Å². The van der Waals surface area contributed by atoms with E-state index in [0.29, 0.717) is 19.3 Å². The molecule has 1 heterocycles. The third-order valence-corrected chi connectivity index (χ3v) is 4.64. The summed E-state index contributed by atoms with van der Waals surface area (Å²) in [6, 6.07) is 14.9. The van der Waals surface area contributed by atoms with Gasteiger partial charge in [0, 0.05) is 15.8 Å². The van der Waals surface area contributed by atoms with Crippen LogP contribution in [0.1, 0.15) is 18.5 Å². The van der Waals surface area contributed by atoms with Gasteiger partial charge in [-0.1, -0.05) is 30.0 Å². The van der Waals surface area contributed by atoms with Crippen LogP contribution in [0, 0.1) is 0 Å². The number of nitrogens with one attached hydrogen (secondary N) is 1. The Kier molecular flexibility index (Phi) is 4.36. The first kappa shape index (κ1) is 14.3. The summed E-state index contributed by atoms with van der Waals surface area (Å²) in [5.41, 5.74) is 1.31. The van der Waals surface area contributed by atoms with Crippen LogP contribution in [0.3, 0.4) is 0 Å². The summed E-state index contributed by atoms with van der Waals surface area (Å²) in [7, 11) is 1.98. The molecule has 1 unspecified atom stereocenters. The highest BCUT2D eigenvalue weighted by atomic mass is 32.2. The lowest BCUT2D eigenvalue weighted by atomic mass is 10.1. The number of benzene rings is 2. The molecular weight excluding hydrogens is 282 g/mol. The topological polar surface area (TPSA) is 30.5 Å². The molecular formula is C17H19NO2S. The first-order chi connectivity index (χ1) is 10.3. The summed E-state index contributed by atoms with van der Waals surface area (Å²) in [6.45, 7) is 3.42. The number of ether oxygens (including phenoxy) is 2. The van der Waals surface area contributed by atoms with E-state index in [9.17, 15) is 0 Å². The summed E-state index contributed by atoms with van der Waals surface area (Å²) in [5, 5.41) is 3.30. The lowest BCUT2D eigenvalue weighted by molar-refractivity contribution is 0.171. The molecule has 110 valence electrons. The zero-order chi connectivity index (χ0) is 14.7. The van der Waals surface area contributed by atoms with Gasteiger partial charge in [0.15, 0.2) is 11.5 Å². The van der Waals surface area contributed by atoms with Gasteiger partial charge in [0.05, 0.1) is 0 Å². The van der Waals surface area contributed by atoms with Gasteiger partial charge >= 0.3 is 0 Å². The van der Waals surface area contributed by atoms with Crippen LogP contribution >= 0.6 is 11.8 Å². The molecule has 0 fully saturated rings. The Morgan fingerprint density at radius 3 is 2.62 bits per heavy atom. The van der Waals surface area contributed by atoms with E-state index in [2.05, 4.69) is 48.6 Å². The molecule has 1 aliphatic heterocycles. The van der Waals surface area contributed by atoms with E-state index in [4.69, 9.17) is 9.47 Å². The van der Waals surface area contributed by atoms with E-state index < -0.39 is 0 Å². The van der Waals surface area contributed by atoms with E-state index in [-0.39, 0.29) is 0 Å². The molecule has 0 amide bonds. The molecule has 1 N–H and O–H groups in total. The fraction of sp³-hybridized carbons (Fsp3) is 0.294. The molecule has 0 radical (unpaired) electrons. The van der Waals surface area contributed by atoms with Gasteiger partial charge in [-0.05, 0) is 43.8 Å². The molecule has 0 aromatic heterocycles. The molecule has 3 nitrogen and oxygen atoms in total. The molecule has 0 bridgehead atoms. The molecule has 0 saturated heterocycles. The molecule has 1 aliphatic rings. The molecule has 2 aromatic carbocycles. The largest absolute Gasteiger partial charge is 0.486 e. The first-order valence-electron chi connectivity index (χ1n) is 7.11. The van der Waals surface area contributed by atoms with Crippen molar-refractivity contribution in [2.45, 2.75) is 22.8 Å². The number of hydrogen-bond acceptors (Lipinski definition) is 4. The zero-order valence-electron chi connectivity index (χ0n) is 12.3. The Bertz CT molecular complexity index is 630. The van der Waals surface area contributed by atoms with Gasteiger partial charge < -0.3 is 14.8 Å². The Hall–Kier alpha value is -1.65. The minimum Gasteiger partial charge on any atom is -0.486 e. The molecule has 0 saturated carbocycles. The van der Waals surface area contributed by atoms with Crippen molar-refractivity contribution in [2.24, 2.45) is 0 Å². The minimum absolute atomic E-state index is 0.325. The lowest BCUT2D eigenvalue weighted by Crippen LogP contribution is -2.15. The molecule has 4 heteroatoms. The van der Waals surface area contributed by atoms with Crippen LogP contribution in [0.15, 0.2) is 52.3 Å². The van der Waals surface area contributed by atoms with E-state index in [1.165, 1.54) is 10.5 Å². The normalized spacial score (nSPS) is 14.8. The van der Waals surface area contributed by atoms with Gasteiger partial charge in [0.25, 0.3) is 0 Å². The van der Waals surface area contributed by atoms with Gasteiger partial charge in [0.2, 0.25) is 0 Å². The third-order valence-electron chi connectivity index (χ3n) is 3.56. The highest BCUT2D eigenvalue weighted by Crippen LogP contribution is 2.38. The SMILES string of the molecule is CNC(C)c1ccccc1Sc1ccc2c(c1)OCCO2. The van der Waals surface area contributed by atoms with Crippen molar-refractivity contribution in [1.82, 2.24) is 5.32 Å². The average Bonchev–Trinajstić information content (AvgIpc) is 2.54. The summed E-state index contributed by atoms with van der Waals surface area (Å²) in [5.74, 6) is 1.67. The second-order valence-corrected chi connectivity index (χ2v) is 6.07. The maximum atomic E-state index is 5.65. The zero-order valence-corrected chi connectivity index (χ0v) is 13.1. The molecule has 0 aliphatic carbocycles. The van der Waals surface area contributed by atoms with Gasteiger partial charge in [-0.3, -0.25) is 0 Å². The monoisotopic (exact) mass is 301 g/mol. The van der Waals surface area contributed by atoms with Crippen molar-refractivity contribution < 1.29 is 9.47 Å². The number of rotatable bonds is 4. The average molecular weight is 301 g/mol. The van der Waals surface area contributed by atoms with Gasteiger partial charge in [-0.2, -0.15) is 0 Å². The number of fused-ring (bicyclic) bond motifs is 1. The minimum atomic E-state index is 0.325. The fourth-order valence-corrected chi connectivity index (χ4v) is 3.37. The lowest BCUT2D eigenvalue weighted by Gasteiger charge is -2.19. The van der Waals surface area contributed by atoms with Crippen LogP contribution in [-0.2, 0) is 0 Å². The maximum Gasteiger partial charge on any atom is 0.162 e. The van der Waals surface area contributed by atoms with E-state index >= 15 is 0 Å². The Morgan fingerprint density at radius 1 is 1.05 bits per heavy atom. The smallest absolute Gasteiger partial charge is 0.162 e. The van der Waals surface area contributed by atoms with E-state index in [1.807, 2.05) is 13.1 Å².